The van der Waals surface area contributed by atoms with Crippen LogP contribution < -0.4 is 4.74 Å². The summed E-state index contributed by atoms with van der Waals surface area (Å²) < 4.78 is 5.25. The minimum atomic E-state index is -0.140. The summed E-state index contributed by atoms with van der Waals surface area (Å²) >= 11 is 0. The number of methoxy groups -OCH3 is 1. The fraction of sp³-hybridized carbons (Fsp3) is 0.467. The summed E-state index contributed by atoms with van der Waals surface area (Å²) in [5.41, 5.74) is 2.01. The van der Waals surface area contributed by atoms with Crippen molar-refractivity contribution in [3.63, 3.8) is 0 Å². The summed E-state index contributed by atoms with van der Waals surface area (Å²) in [5.74, 6) is 6.31. The Morgan fingerprint density at radius 1 is 1.39 bits per heavy atom. The highest BCUT2D eigenvalue weighted by atomic mass is 16.5. The van der Waals surface area contributed by atoms with Crippen molar-refractivity contribution < 1.29 is 9.84 Å². The molecule has 0 aliphatic rings. The van der Waals surface area contributed by atoms with Gasteiger partial charge in [-0.3, -0.25) is 4.90 Å². The van der Waals surface area contributed by atoms with E-state index < -0.39 is 0 Å². The molecule has 0 unspecified atom stereocenters. The Morgan fingerprint density at radius 3 is 2.67 bits per heavy atom. The summed E-state index contributed by atoms with van der Waals surface area (Å²) in [6.45, 7) is 5.06. The zero-order chi connectivity index (χ0) is 13.5. The fourth-order valence-electron chi connectivity index (χ4n) is 1.56. The molecule has 0 radical (unpaired) electrons. The topological polar surface area (TPSA) is 32.7 Å². The van der Waals surface area contributed by atoms with Crippen LogP contribution >= 0.6 is 0 Å². The van der Waals surface area contributed by atoms with Crippen LogP contribution in [0.15, 0.2) is 18.2 Å². The third kappa shape index (κ3) is 4.06. The Hall–Kier alpha value is -1.50. The molecule has 98 valence electrons. The lowest BCUT2D eigenvalue weighted by Crippen LogP contribution is -2.25. The van der Waals surface area contributed by atoms with Gasteiger partial charge in [0.25, 0.3) is 0 Å². The van der Waals surface area contributed by atoms with Crippen molar-refractivity contribution in [2.24, 2.45) is 0 Å². The van der Waals surface area contributed by atoms with Crippen LogP contribution in [-0.2, 0) is 6.54 Å². The number of hydrogen-bond donors (Lipinski definition) is 1. The van der Waals surface area contributed by atoms with E-state index in [0.717, 1.165) is 17.9 Å². The number of benzene rings is 1. The fourth-order valence-corrected chi connectivity index (χ4v) is 1.56. The summed E-state index contributed by atoms with van der Waals surface area (Å²) in [6, 6.07) is 6.48. The van der Waals surface area contributed by atoms with Gasteiger partial charge >= 0.3 is 0 Å². The van der Waals surface area contributed by atoms with E-state index in [1.807, 2.05) is 18.2 Å². The number of rotatable bonds is 4. The maximum atomic E-state index is 8.76. The first-order valence-electron chi connectivity index (χ1n) is 6.05. The molecule has 0 atom stereocenters. The second kappa shape index (κ2) is 7.05. The maximum Gasteiger partial charge on any atom is 0.134 e. The van der Waals surface area contributed by atoms with Crippen molar-refractivity contribution in [1.29, 1.82) is 0 Å². The minimum absolute atomic E-state index is 0.140. The van der Waals surface area contributed by atoms with Crippen molar-refractivity contribution in [1.82, 2.24) is 4.90 Å². The third-order valence-electron chi connectivity index (χ3n) is 2.88. The van der Waals surface area contributed by atoms with Crippen LogP contribution in [0, 0.1) is 11.8 Å². The lowest BCUT2D eigenvalue weighted by atomic mass is 10.1. The molecule has 1 aromatic rings. The van der Waals surface area contributed by atoms with Crippen LogP contribution in [0.4, 0.5) is 0 Å². The van der Waals surface area contributed by atoms with E-state index in [-0.39, 0.29) is 6.61 Å². The van der Waals surface area contributed by atoms with Crippen LogP contribution in [0.25, 0.3) is 0 Å². The normalized spacial score (nSPS) is 10.4. The van der Waals surface area contributed by atoms with Crippen LogP contribution in [0.5, 0.6) is 5.75 Å². The first kappa shape index (κ1) is 14.6. The van der Waals surface area contributed by atoms with E-state index in [9.17, 15) is 0 Å². The number of ether oxygens (including phenoxy) is 1. The van der Waals surface area contributed by atoms with E-state index in [2.05, 4.69) is 37.6 Å². The van der Waals surface area contributed by atoms with Gasteiger partial charge in [-0.25, -0.2) is 0 Å². The van der Waals surface area contributed by atoms with Gasteiger partial charge < -0.3 is 9.84 Å². The van der Waals surface area contributed by atoms with Crippen molar-refractivity contribution in [3.05, 3.63) is 29.3 Å². The van der Waals surface area contributed by atoms with Gasteiger partial charge in [-0.1, -0.05) is 17.9 Å². The minimum Gasteiger partial charge on any atom is -0.495 e. The molecule has 0 fully saturated rings. The molecule has 18 heavy (non-hydrogen) atoms. The average molecular weight is 247 g/mol. The molecule has 0 saturated carbocycles. The van der Waals surface area contributed by atoms with Gasteiger partial charge in [0.2, 0.25) is 0 Å². The highest BCUT2D eigenvalue weighted by Gasteiger charge is 2.07. The number of nitrogens with zero attached hydrogens (tertiary/aromatic N) is 1. The van der Waals surface area contributed by atoms with Crippen LogP contribution in [0.1, 0.15) is 25.0 Å². The first-order chi connectivity index (χ1) is 8.58. The molecule has 0 heterocycles. The predicted octanol–water partition coefficient (Wildman–Crippen LogP) is 1.88. The number of hydrogen-bond acceptors (Lipinski definition) is 3. The summed E-state index contributed by atoms with van der Waals surface area (Å²) in [7, 11) is 3.72. The third-order valence-corrected chi connectivity index (χ3v) is 2.88. The molecule has 0 aliphatic heterocycles. The Morgan fingerprint density at radius 2 is 2.11 bits per heavy atom. The van der Waals surface area contributed by atoms with E-state index in [0.29, 0.717) is 6.04 Å². The van der Waals surface area contributed by atoms with E-state index >= 15 is 0 Å². The molecule has 3 heteroatoms. The van der Waals surface area contributed by atoms with Gasteiger partial charge in [-0.05, 0) is 38.6 Å². The van der Waals surface area contributed by atoms with Crippen molar-refractivity contribution >= 4 is 0 Å². The molecule has 0 saturated heterocycles. The molecule has 3 nitrogen and oxygen atoms in total. The summed E-state index contributed by atoms with van der Waals surface area (Å²) in [5, 5.41) is 8.76. The zero-order valence-electron chi connectivity index (χ0n) is 11.5. The lowest BCUT2D eigenvalue weighted by molar-refractivity contribution is 0.265. The SMILES string of the molecule is COc1ccc(CN(C)C(C)C)cc1C#CCO. The highest BCUT2D eigenvalue weighted by Crippen LogP contribution is 2.20. The zero-order valence-corrected chi connectivity index (χ0v) is 11.5. The highest BCUT2D eigenvalue weighted by molar-refractivity contribution is 5.48. The molecule has 1 N–H and O–H groups in total. The smallest absolute Gasteiger partial charge is 0.134 e. The lowest BCUT2D eigenvalue weighted by Gasteiger charge is -2.21. The Kier molecular flexibility index (Phi) is 5.70. The molecular formula is C15H21NO2. The van der Waals surface area contributed by atoms with Gasteiger partial charge in [-0.2, -0.15) is 0 Å². The Balaban J connectivity index is 2.95. The van der Waals surface area contributed by atoms with Gasteiger partial charge in [0.05, 0.1) is 12.7 Å². The van der Waals surface area contributed by atoms with Crippen LogP contribution in [-0.4, -0.2) is 36.8 Å². The predicted molar refractivity (Wildman–Crippen MR) is 73.6 cm³/mol. The van der Waals surface area contributed by atoms with Crippen molar-refractivity contribution in [3.8, 4) is 17.6 Å². The summed E-state index contributed by atoms with van der Waals surface area (Å²) in [6.07, 6.45) is 0. The monoisotopic (exact) mass is 247 g/mol. The van der Waals surface area contributed by atoms with Gasteiger partial charge in [0.15, 0.2) is 0 Å². The van der Waals surface area contributed by atoms with Crippen LogP contribution in [0.3, 0.4) is 0 Å². The second-order valence-corrected chi connectivity index (χ2v) is 4.50. The molecule has 0 amide bonds. The molecule has 0 aromatic heterocycles. The van der Waals surface area contributed by atoms with E-state index in [4.69, 9.17) is 9.84 Å². The number of aliphatic hydroxyl groups is 1. The molecule has 1 rings (SSSR count). The molecule has 0 spiro atoms. The number of aliphatic hydroxyl groups excluding tert-OH is 1. The van der Waals surface area contributed by atoms with Crippen molar-refractivity contribution in [2.75, 3.05) is 20.8 Å². The average Bonchev–Trinajstić information content (AvgIpc) is 2.36. The van der Waals surface area contributed by atoms with Crippen molar-refractivity contribution in [2.45, 2.75) is 26.4 Å². The second-order valence-electron chi connectivity index (χ2n) is 4.50. The van der Waals surface area contributed by atoms with Gasteiger partial charge in [0.1, 0.15) is 12.4 Å². The Bertz CT molecular complexity index is 444. The quantitative estimate of drug-likeness (QED) is 0.825. The van der Waals surface area contributed by atoms with Gasteiger partial charge in [0, 0.05) is 12.6 Å². The molecular weight excluding hydrogens is 226 g/mol. The molecule has 0 bridgehead atoms. The summed E-state index contributed by atoms with van der Waals surface area (Å²) in [4.78, 5) is 2.26. The Labute approximate surface area is 109 Å². The first-order valence-corrected chi connectivity index (χ1v) is 6.05. The maximum absolute atomic E-state index is 8.76. The van der Waals surface area contributed by atoms with Crippen LogP contribution in [0.2, 0.25) is 0 Å². The standard InChI is InChI=1S/C15H21NO2/c1-12(2)16(3)11-13-7-8-15(18-4)14(10-13)6-5-9-17/h7-8,10,12,17H,9,11H2,1-4H3. The van der Waals surface area contributed by atoms with E-state index in [1.54, 1.807) is 7.11 Å². The van der Waals surface area contributed by atoms with E-state index in [1.165, 1.54) is 5.56 Å². The molecule has 0 aliphatic carbocycles. The largest absolute Gasteiger partial charge is 0.495 e. The molecule has 1 aromatic carbocycles. The van der Waals surface area contributed by atoms with Gasteiger partial charge in [-0.15, -0.1) is 0 Å².